The van der Waals surface area contributed by atoms with Crippen molar-refractivity contribution in [3.63, 3.8) is 0 Å². The number of hydrogen-bond acceptors (Lipinski definition) is 1. The minimum atomic E-state index is -0.775. The van der Waals surface area contributed by atoms with Gasteiger partial charge in [-0.15, -0.1) is 0 Å². The number of allylic oxidation sites excluding steroid dienone is 1. The average molecular weight is 264 g/mol. The highest BCUT2D eigenvalue weighted by molar-refractivity contribution is 6.31. The van der Waals surface area contributed by atoms with Gasteiger partial charge in [-0.3, -0.25) is 4.79 Å². The number of hydrogen-bond donors (Lipinski definition) is 1. The normalized spacial score (nSPS) is 11.4. The van der Waals surface area contributed by atoms with Gasteiger partial charge in [-0.1, -0.05) is 17.7 Å². The molecule has 1 aromatic heterocycles. The molecule has 2 rings (SSSR count). The number of carboxylic acid groups (broad SMARTS) is 1. The summed E-state index contributed by atoms with van der Waals surface area (Å²) < 4.78 is 2.06. The first kappa shape index (κ1) is 12.7. The quantitative estimate of drug-likeness (QED) is 0.914. The second kappa shape index (κ2) is 5.27. The smallest absolute Gasteiger partial charge is 0.303 e. The predicted molar refractivity (Wildman–Crippen MR) is 73.8 cm³/mol. The molecule has 0 aliphatic rings. The van der Waals surface area contributed by atoms with E-state index in [0.29, 0.717) is 6.42 Å². The Balaban J connectivity index is 2.23. The molecule has 0 aliphatic heterocycles. The maximum atomic E-state index is 10.4. The van der Waals surface area contributed by atoms with Gasteiger partial charge in [-0.2, -0.15) is 0 Å². The number of aromatic nitrogens is 1. The van der Waals surface area contributed by atoms with Crippen molar-refractivity contribution < 1.29 is 9.90 Å². The number of fused-ring (bicyclic) bond motifs is 1. The molecule has 0 amide bonds. The third-order valence-electron chi connectivity index (χ3n) is 2.86. The molecule has 1 N–H and O–H groups in total. The molecule has 0 atom stereocenters. The van der Waals surface area contributed by atoms with Crippen LogP contribution in [0, 0.1) is 0 Å². The Kier molecular flexibility index (Phi) is 3.72. The molecule has 3 nitrogen and oxygen atoms in total. The number of benzene rings is 1. The van der Waals surface area contributed by atoms with E-state index in [1.807, 2.05) is 43.5 Å². The molecular formula is C14H14ClNO2. The third-order valence-corrected chi connectivity index (χ3v) is 3.09. The van der Waals surface area contributed by atoms with E-state index in [9.17, 15) is 4.79 Å². The second-order valence-corrected chi connectivity index (χ2v) is 4.60. The van der Waals surface area contributed by atoms with Crippen molar-refractivity contribution in [3.05, 3.63) is 41.1 Å². The maximum absolute atomic E-state index is 10.4. The van der Waals surface area contributed by atoms with Gasteiger partial charge >= 0.3 is 5.97 Å². The van der Waals surface area contributed by atoms with Crippen LogP contribution in [0.25, 0.3) is 17.0 Å². The lowest BCUT2D eigenvalue weighted by atomic mass is 10.2. The Bertz CT molecular complexity index is 614. The number of aliphatic carboxylic acids is 1. The highest BCUT2D eigenvalue weighted by Gasteiger charge is 2.03. The van der Waals surface area contributed by atoms with Crippen LogP contribution in [0.2, 0.25) is 5.02 Å². The fraction of sp³-hybridized carbons (Fsp3) is 0.214. The molecule has 0 spiro atoms. The van der Waals surface area contributed by atoms with Crippen molar-refractivity contribution in [2.75, 3.05) is 0 Å². The lowest BCUT2D eigenvalue weighted by Crippen LogP contribution is -1.92. The van der Waals surface area contributed by atoms with Crippen molar-refractivity contribution in [2.45, 2.75) is 12.8 Å². The average Bonchev–Trinajstić information content (AvgIpc) is 2.61. The third kappa shape index (κ3) is 2.74. The molecule has 0 radical (unpaired) electrons. The highest BCUT2D eigenvalue weighted by Crippen LogP contribution is 2.23. The van der Waals surface area contributed by atoms with Gasteiger partial charge in [-0.05, 0) is 36.8 Å². The Labute approximate surface area is 110 Å². The lowest BCUT2D eigenvalue weighted by molar-refractivity contribution is -0.136. The van der Waals surface area contributed by atoms with E-state index in [-0.39, 0.29) is 6.42 Å². The number of aryl methyl sites for hydroxylation is 1. The first-order valence-corrected chi connectivity index (χ1v) is 6.09. The monoisotopic (exact) mass is 263 g/mol. The first-order chi connectivity index (χ1) is 8.58. The Morgan fingerprint density at radius 3 is 2.94 bits per heavy atom. The van der Waals surface area contributed by atoms with E-state index in [1.54, 1.807) is 0 Å². The molecular weight excluding hydrogens is 250 g/mol. The summed E-state index contributed by atoms with van der Waals surface area (Å²) >= 11 is 5.95. The fourth-order valence-electron chi connectivity index (χ4n) is 1.91. The standard InChI is InChI=1S/C14H14ClNO2/c1-16-12(4-2-3-5-14(17)18)9-10-8-11(15)6-7-13(10)16/h2,4,6-9H,3,5H2,1H3,(H,17,18). The van der Waals surface area contributed by atoms with Crippen molar-refractivity contribution in [1.29, 1.82) is 0 Å². The van der Waals surface area contributed by atoms with Crippen molar-refractivity contribution in [1.82, 2.24) is 4.57 Å². The van der Waals surface area contributed by atoms with Crippen LogP contribution < -0.4 is 0 Å². The summed E-state index contributed by atoms with van der Waals surface area (Å²) in [5.74, 6) is -0.775. The van der Waals surface area contributed by atoms with Crippen LogP contribution in [0.3, 0.4) is 0 Å². The van der Waals surface area contributed by atoms with Gasteiger partial charge in [0.2, 0.25) is 0 Å². The largest absolute Gasteiger partial charge is 0.481 e. The number of carbonyl (C=O) groups is 1. The first-order valence-electron chi connectivity index (χ1n) is 5.71. The molecule has 0 saturated heterocycles. The summed E-state index contributed by atoms with van der Waals surface area (Å²) in [4.78, 5) is 10.4. The summed E-state index contributed by atoms with van der Waals surface area (Å²) in [6.45, 7) is 0. The SMILES string of the molecule is Cn1c(C=CCCC(=O)O)cc2cc(Cl)ccc21. The zero-order valence-corrected chi connectivity index (χ0v) is 10.8. The molecule has 94 valence electrons. The van der Waals surface area contributed by atoms with Crippen LogP contribution in [0.15, 0.2) is 30.3 Å². The van der Waals surface area contributed by atoms with Crippen LogP contribution in [0.1, 0.15) is 18.5 Å². The van der Waals surface area contributed by atoms with Gasteiger partial charge in [0, 0.05) is 35.1 Å². The van der Waals surface area contributed by atoms with Crippen LogP contribution in [0.5, 0.6) is 0 Å². The van der Waals surface area contributed by atoms with E-state index in [0.717, 1.165) is 21.6 Å². The Morgan fingerprint density at radius 1 is 1.44 bits per heavy atom. The predicted octanol–water partition coefficient (Wildman–Crippen LogP) is 3.71. The molecule has 1 heterocycles. The van der Waals surface area contributed by atoms with Crippen LogP contribution in [-0.4, -0.2) is 15.6 Å². The van der Waals surface area contributed by atoms with Crippen molar-refractivity contribution >= 4 is 34.5 Å². The van der Waals surface area contributed by atoms with Crippen LogP contribution in [-0.2, 0) is 11.8 Å². The summed E-state index contributed by atoms with van der Waals surface area (Å²) in [7, 11) is 1.98. The molecule has 0 bridgehead atoms. The van der Waals surface area contributed by atoms with Gasteiger partial charge in [0.25, 0.3) is 0 Å². The Hall–Kier alpha value is -1.74. The number of rotatable bonds is 4. The number of carboxylic acids is 1. The lowest BCUT2D eigenvalue weighted by Gasteiger charge is -1.99. The zero-order chi connectivity index (χ0) is 13.1. The van der Waals surface area contributed by atoms with Gasteiger partial charge in [0.15, 0.2) is 0 Å². The number of halogens is 1. The highest BCUT2D eigenvalue weighted by atomic mass is 35.5. The van der Waals surface area contributed by atoms with E-state index >= 15 is 0 Å². The molecule has 0 saturated carbocycles. The zero-order valence-electron chi connectivity index (χ0n) is 10.1. The van der Waals surface area contributed by atoms with Crippen LogP contribution >= 0.6 is 11.6 Å². The molecule has 0 unspecified atom stereocenters. The fourth-order valence-corrected chi connectivity index (χ4v) is 2.09. The molecule has 1 aromatic carbocycles. The maximum Gasteiger partial charge on any atom is 0.303 e. The van der Waals surface area contributed by atoms with Gasteiger partial charge in [0.05, 0.1) is 0 Å². The minimum absolute atomic E-state index is 0.159. The minimum Gasteiger partial charge on any atom is -0.481 e. The number of nitrogens with zero attached hydrogens (tertiary/aromatic N) is 1. The second-order valence-electron chi connectivity index (χ2n) is 4.17. The summed E-state index contributed by atoms with van der Waals surface area (Å²) in [5.41, 5.74) is 2.15. The van der Waals surface area contributed by atoms with Crippen LogP contribution in [0.4, 0.5) is 0 Å². The van der Waals surface area contributed by atoms with E-state index in [1.165, 1.54) is 0 Å². The van der Waals surface area contributed by atoms with Crippen molar-refractivity contribution in [2.24, 2.45) is 7.05 Å². The van der Waals surface area contributed by atoms with Gasteiger partial charge in [-0.25, -0.2) is 0 Å². The van der Waals surface area contributed by atoms with E-state index < -0.39 is 5.97 Å². The summed E-state index contributed by atoms with van der Waals surface area (Å²) in [6.07, 6.45) is 4.52. The van der Waals surface area contributed by atoms with E-state index in [2.05, 4.69) is 4.57 Å². The molecule has 18 heavy (non-hydrogen) atoms. The summed E-state index contributed by atoms with van der Waals surface area (Å²) in [6, 6.07) is 7.80. The topological polar surface area (TPSA) is 42.2 Å². The van der Waals surface area contributed by atoms with Crippen molar-refractivity contribution in [3.8, 4) is 0 Å². The summed E-state index contributed by atoms with van der Waals surface area (Å²) in [5, 5.41) is 10.4. The molecule has 0 aliphatic carbocycles. The molecule has 0 fully saturated rings. The van der Waals surface area contributed by atoms with Gasteiger partial charge in [0.1, 0.15) is 0 Å². The van der Waals surface area contributed by atoms with Gasteiger partial charge < -0.3 is 9.67 Å². The Morgan fingerprint density at radius 2 is 2.22 bits per heavy atom. The van der Waals surface area contributed by atoms with E-state index in [4.69, 9.17) is 16.7 Å². The molecule has 4 heteroatoms. The molecule has 2 aromatic rings.